The van der Waals surface area contributed by atoms with E-state index in [1.54, 1.807) is 6.20 Å². The number of hydrogen-bond acceptors (Lipinski definition) is 4. The molecule has 3 aromatic rings. The van der Waals surface area contributed by atoms with E-state index in [1.165, 1.54) is 11.8 Å². The van der Waals surface area contributed by atoms with Gasteiger partial charge in [-0.3, -0.25) is 4.79 Å². The first-order valence-corrected chi connectivity index (χ1v) is 9.01. The number of carbonyl (C=O) groups excluding carboxylic acids is 1. The smallest absolute Gasteiger partial charge is 0.275 e. The average molecular weight is 360 g/mol. The van der Waals surface area contributed by atoms with Gasteiger partial charge in [-0.1, -0.05) is 44.2 Å². The summed E-state index contributed by atoms with van der Waals surface area (Å²) in [4.78, 5) is 21.1. The van der Waals surface area contributed by atoms with E-state index >= 15 is 0 Å². The summed E-state index contributed by atoms with van der Waals surface area (Å²) in [5.41, 5.74) is 5.51. The molecular formula is C22H24N4O. The Kier molecular flexibility index (Phi) is 5.50. The normalized spacial score (nSPS) is 10.7. The SMILES string of the molecule is Cc1cccc(Nc2cnc(C(=O)Nc3ccccc3C(C)C)cn2)c1C. The summed E-state index contributed by atoms with van der Waals surface area (Å²) >= 11 is 0. The van der Waals surface area contributed by atoms with Gasteiger partial charge < -0.3 is 10.6 Å². The third-order valence-corrected chi connectivity index (χ3v) is 4.58. The molecule has 0 atom stereocenters. The van der Waals surface area contributed by atoms with Crippen LogP contribution >= 0.6 is 0 Å². The van der Waals surface area contributed by atoms with E-state index in [1.807, 2.05) is 36.4 Å². The predicted molar refractivity (Wildman–Crippen MR) is 110 cm³/mol. The molecule has 0 unspecified atom stereocenters. The molecule has 5 heteroatoms. The Bertz CT molecular complexity index is 949. The Balaban J connectivity index is 1.74. The molecule has 27 heavy (non-hydrogen) atoms. The molecule has 5 nitrogen and oxygen atoms in total. The molecule has 2 aromatic carbocycles. The van der Waals surface area contributed by atoms with Gasteiger partial charge in [-0.2, -0.15) is 0 Å². The average Bonchev–Trinajstić information content (AvgIpc) is 2.66. The van der Waals surface area contributed by atoms with Crippen LogP contribution in [0.15, 0.2) is 54.9 Å². The highest BCUT2D eigenvalue weighted by Crippen LogP contribution is 2.24. The van der Waals surface area contributed by atoms with Gasteiger partial charge in [0, 0.05) is 11.4 Å². The van der Waals surface area contributed by atoms with Crippen molar-refractivity contribution in [3.8, 4) is 0 Å². The summed E-state index contributed by atoms with van der Waals surface area (Å²) in [5, 5.41) is 6.18. The fourth-order valence-corrected chi connectivity index (χ4v) is 2.83. The molecule has 1 amide bonds. The number of hydrogen-bond donors (Lipinski definition) is 2. The van der Waals surface area contributed by atoms with Crippen LogP contribution in [0.5, 0.6) is 0 Å². The number of amides is 1. The van der Waals surface area contributed by atoms with Crippen LogP contribution in [0.2, 0.25) is 0 Å². The van der Waals surface area contributed by atoms with Crippen LogP contribution in [-0.4, -0.2) is 15.9 Å². The number of nitrogens with one attached hydrogen (secondary N) is 2. The topological polar surface area (TPSA) is 66.9 Å². The number of benzene rings is 2. The lowest BCUT2D eigenvalue weighted by atomic mass is 10.0. The summed E-state index contributed by atoms with van der Waals surface area (Å²) in [5.74, 6) is 0.647. The van der Waals surface area contributed by atoms with Gasteiger partial charge in [0.25, 0.3) is 5.91 Å². The Morgan fingerprint density at radius 2 is 1.67 bits per heavy atom. The van der Waals surface area contributed by atoms with E-state index in [-0.39, 0.29) is 11.6 Å². The second-order valence-electron chi connectivity index (χ2n) is 6.86. The first kappa shape index (κ1) is 18.6. The molecule has 0 saturated carbocycles. The second kappa shape index (κ2) is 7.99. The molecule has 1 heterocycles. The maximum absolute atomic E-state index is 12.5. The van der Waals surface area contributed by atoms with Crippen molar-refractivity contribution in [2.75, 3.05) is 10.6 Å². The van der Waals surface area contributed by atoms with E-state index in [9.17, 15) is 4.79 Å². The van der Waals surface area contributed by atoms with Gasteiger partial charge in [-0.25, -0.2) is 9.97 Å². The minimum Gasteiger partial charge on any atom is -0.339 e. The molecule has 1 aromatic heterocycles. The molecule has 0 fully saturated rings. The fraction of sp³-hybridized carbons (Fsp3) is 0.227. The van der Waals surface area contributed by atoms with Gasteiger partial charge in [0.15, 0.2) is 0 Å². The number of aromatic nitrogens is 2. The second-order valence-corrected chi connectivity index (χ2v) is 6.86. The van der Waals surface area contributed by atoms with Crippen LogP contribution < -0.4 is 10.6 Å². The Morgan fingerprint density at radius 1 is 0.926 bits per heavy atom. The maximum Gasteiger partial charge on any atom is 0.275 e. The van der Waals surface area contributed by atoms with Gasteiger partial charge >= 0.3 is 0 Å². The molecule has 0 aliphatic carbocycles. The number of nitrogens with zero attached hydrogens (tertiary/aromatic N) is 2. The van der Waals surface area contributed by atoms with Crippen molar-refractivity contribution < 1.29 is 4.79 Å². The molecule has 0 aliphatic rings. The largest absolute Gasteiger partial charge is 0.339 e. The summed E-state index contributed by atoms with van der Waals surface area (Å²) < 4.78 is 0. The first-order chi connectivity index (χ1) is 13.0. The standard InChI is InChI=1S/C22H24N4O/c1-14(2)17-9-5-6-10-19(17)26-22(27)20-12-24-21(13-23-20)25-18-11-7-8-15(3)16(18)4/h5-14H,1-4H3,(H,24,25)(H,26,27). The van der Waals surface area contributed by atoms with Crippen molar-refractivity contribution in [1.29, 1.82) is 0 Å². The van der Waals surface area contributed by atoms with E-state index in [0.29, 0.717) is 11.7 Å². The highest BCUT2D eigenvalue weighted by molar-refractivity contribution is 6.03. The molecule has 0 spiro atoms. The Morgan fingerprint density at radius 3 is 2.37 bits per heavy atom. The number of aryl methyl sites for hydroxylation is 1. The lowest BCUT2D eigenvalue weighted by Gasteiger charge is -2.13. The minimum absolute atomic E-state index is 0.270. The van der Waals surface area contributed by atoms with E-state index in [2.05, 4.69) is 54.4 Å². The quantitative estimate of drug-likeness (QED) is 0.655. The van der Waals surface area contributed by atoms with Crippen LogP contribution in [0.4, 0.5) is 17.2 Å². The van der Waals surface area contributed by atoms with Gasteiger partial charge in [-0.05, 0) is 48.6 Å². The minimum atomic E-state index is -0.270. The molecule has 0 radical (unpaired) electrons. The molecule has 2 N–H and O–H groups in total. The number of rotatable bonds is 5. The Labute approximate surface area is 159 Å². The first-order valence-electron chi connectivity index (χ1n) is 9.01. The molecule has 0 aliphatic heterocycles. The highest BCUT2D eigenvalue weighted by Gasteiger charge is 2.12. The molecule has 3 rings (SSSR count). The fourth-order valence-electron chi connectivity index (χ4n) is 2.83. The van der Waals surface area contributed by atoms with Gasteiger partial charge in [0.05, 0.1) is 12.4 Å². The van der Waals surface area contributed by atoms with Crippen molar-refractivity contribution in [1.82, 2.24) is 9.97 Å². The summed E-state index contributed by atoms with van der Waals surface area (Å²) in [6, 6.07) is 13.8. The van der Waals surface area contributed by atoms with Crippen molar-refractivity contribution in [3.63, 3.8) is 0 Å². The lowest BCUT2D eigenvalue weighted by Crippen LogP contribution is -2.15. The van der Waals surface area contributed by atoms with Crippen molar-refractivity contribution >= 4 is 23.1 Å². The zero-order valence-electron chi connectivity index (χ0n) is 16.1. The Hall–Kier alpha value is -3.21. The van der Waals surface area contributed by atoms with Crippen molar-refractivity contribution in [3.05, 3.63) is 77.2 Å². The maximum atomic E-state index is 12.5. The summed E-state index contributed by atoms with van der Waals surface area (Å²) in [6.07, 6.45) is 3.06. The van der Waals surface area contributed by atoms with Gasteiger partial charge in [0.1, 0.15) is 11.5 Å². The third kappa shape index (κ3) is 4.31. The molecule has 0 bridgehead atoms. The summed E-state index contributed by atoms with van der Waals surface area (Å²) in [6.45, 7) is 8.31. The van der Waals surface area contributed by atoms with Crippen LogP contribution in [-0.2, 0) is 0 Å². The van der Waals surface area contributed by atoms with Crippen molar-refractivity contribution in [2.24, 2.45) is 0 Å². The summed E-state index contributed by atoms with van der Waals surface area (Å²) in [7, 11) is 0. The number of anilines is 3. The highest BCUT2D eigenvalue weighted by atomic mass is 16.1. The predicted octanol–water partition coefficient (Wildman–Crippen LogP) is 5.21. The number of carbonyl (C=O) groups is 1. The van der Waals surface area contributed by atoms with Crippen LogP contribution in [0, 0.1) is 13.8 Å². The third-order valence-electron chi connectivity index (χ3n) is 4.58. The molecular weight excluding hydrogens is 336 g/mol. The van der Waals surface area contributed by atoms with E-state index < -0.39 is 0 Å². The van der Waals surface area contributed by atoms with Crippen LogP contribution in [0.3, 0.4) is 0 Å². The van der Waals surface area contributed by atoms with Gasteiger partial charge in [-0.15, -0.1) is 0 Å². The zero-order chi connectivity index (χ0) is 19.4. The van der Waals surface area contributed by atoms with Crippen molar-refractivity contribution in [2.45, 2.75) is 33.6 Å². The van der Waals surface area contributed by atoms with Gasteiger partial charge in [0.2, 0.25) is 0 Å². The van der Waals surface area contributed by atoms with E-state index in [0.717, 1.165) is 22.5 Å². The number of para-hydroxylation sites is 1. The zero-order valence-corrected chi connectivity index (χ0v) is 16.1. The monoisotopic (exact) mass is 360 g/mol. The van der Waals surface area contributed by atoms with E-state index in [4.69, 9.17) is 0 Å². The molecule has 0 saturated heterocycles. The van der Waals surface area contributed by atoms with Crippen LogP contribution in [0.1, 0.15) is 46.9 Å². The molecule has 138 valence electrons. The lowest BCUT2D eigenvalue weighted by molar-refractivity contribution is 0.102. The van der Waals surface area contributed by atoms with Crippen LogP contribution in [0.25, 0.3) is 0 Å².